The molecule has 1 saturated carbocycles. The van der Waals surface area contributed by atoms with Gasteiger partial charge in [0.25, 0.3) is 0 Å². The fourth-order valence-corrected chi connectivity index (χ4v) is 2.53. The summed E-state index contributed by atoms with van der Waals surface area (Å²) < 4.78 is 13.5. The van der Waals surface area contributed by atoms with E-state index in [-0.39, 0.29) is 5.78 Å². The van der Waals surface area contributed by atoms with E-state index < -0.39 is 6.17 Å². The highest BCUT2D eigenvalue weighted by atomic mass is 19.1. The van der Waals surface area contributed by atoms with Crippen molar-refractivity contribution < 1.29 is 9.18 Å². The highest BCUT2D eigenvalue weighted by Crippen LogP contribution is 2.16. The van der Waals surface area contributed by atoms with Crippen LogP contribution >= 0.6 is 0 Å². The predicted octanol–water partition coefficient (Wildman–Crippen LogP) is 4.98. The van der Waals surface area contributed by atoms with E-state index in [1.165, 1.54) is 44.9 Å². The first-order chi connectivity index (χ1) is 8.30. The van der Waals surface area contributed by atoms with Gasteiger partial charge < -0.3 is 0 Å². The van der Waals surface area contributed by atoms with Gasteiger partial charge in [-0.15, -0.1) is 0 Å². The average molecular weight is 242 g/mol. The lowest BCUT2D eigenvalue weighted by Crippen LogP contribution is -2.15. The number of Topliss-reactive ketones (excluding diaryl/α,β-unsaturated/α-hetero) is 1. The molecule has 1 aliphatic rings. The lowest BCUT2D eigenvalue weighted by atomic mass is 10.0. The van der Waals surface area contributed by atoms with Gasteiger partial charge in [0.15, 0.2) is 12.0 Å². The minimum atomic E-state index is -1.18. The SMILES string of the molecule is O=C1CCCCCCCCCCCCCC1F. The van der Waals surface area contributed by atoms with Crippen LogP contribution in [0.4, 0.5) is 4.39 Å². The van der Waals surface area contributed by atoms with E-state index in [1.54, 1.807) is 0 Å². The van der Waals surface area contributed by atoms with E-state index in [9.17, 15) is 9.18 Å². The molecule has 1 atom stereocenters. The molecule has 0 bridgehead atoms. The third-order valence-electron chi connectivity index (χ3n) is 3.73. The number of carbonyl (C=O) groups excluding carboxylic acids is 1. The topological polar surface area (TPSA) is 17.1 Å². The highest BCUT2D eigenvalue weighted by Gasteiger charge is 2.15. The van der Waals surface area contributed by atoms with Gasteiger partial charge in [0.1, 0.15) is 0 Å². The highest BCUT2D eigenvalue weighted by molar-refractivity contribution is 5.82. The quantitative estimate of drug-likeness (QED) is 0.585. The molecule has 0 aliphatic heterocycles. The second kappa shape index (κ2) is 9.61. The van der Waals surface area contributed by atoms with Crippen molar-refractivity contribution in [3.8, 4) is 0 Å². The van der Waals surface area contributed by atoms with E-state index in [2.05, 4.69) is 0 Å². The molecule has 0 aromatic heterocycles. The lowest BCUT2D eigenvalue weighted by Gasteiger charge is -2.06. The molecule has 1 nitrogen and oxygen atoms in total. The van der Waals surface area contributed by atoms with Crippen LogP contribution in [0.15, 0.2) is 0 Å². The molecular weight excluding hydrogens is 215 g/mol. The molecule has 1 rings (SSSR count). The van der Waals surface area contributed by atoms with Crippen LogP contribution in [0.1, 0.15) is 83.5 Å². The molecule has 0 spiro atoms. The molecule has 2 heteroatoms. The molecule has 0 N–H and O–H groups in total. The number of hydrogen-bond acceptors (Lipinski definition) is 1. The molecular formula is C15H27FO. The van der Waals surface area contributed by atoms with Crippen molar-refractivity contribution in [2.24, 2.45) is 0 Å². The summed E-state index contributed by atoms with van der Waals surface area (Å²) in [6.45, 7) is 0. The largest absolute Gasteiger partial charge is 0.296 e. The van der Waals surface area contributed by atoms with Gasteiger partial charge in [0.05, 0.1) is 0 Å². The number of alkyl halides is 1. The first-order valence-corrected chi connectivity index (χ1v) is 7.47. The van der Waals surface area contributed by atoms with E-state index >= 15 is 0 Å². The molecule has 17 heavy (non-hydrogen) atoms. The van der Waals surface area contributed by atoms with Crippen molar-refractivity contribution in [1.82, 2.24) is 0 Å². The van der Waals surface area contributed by atoms with Gasteiger partial charge in [-0.1, -0.05) is 64.2 Å². The Morgan fingerprint density at radius 1 is 0.706 bits per heavy atom. The van der Waals surface area contributed by atoms with Crippen LogP contribution in [-0.4, -0.2) is 12.0 Å². The standard InChI is InChI=1S/C15H27FO/c16-14-12-10-8-6-4-2-1-3-5-7-9-11-13-15(14)17/h14H,1-13H2. The summed E-state index contributed by atoms with van der Waals surface area (Å²) in [5, 5.41) is 0. The lowest BCUT2D eigenvalue weighted by molar-refractivity contribution is -0.124. The van der Waals surface area contributed by atoms with E-state index in [0.29, 0.717) is 12.8 Å². The van der Waals surface area contributed by atoms with Crippen molar-refractivity contribution in [2.75, 3.05) is 0 Å². The van der Waals surface area contributed by atoms with Crippen molar-refractivity contribution in [2.45, 2.75) is 89.6 Å². The summed E-state index contributed by atoms with van der Waals surface area (Å²) in [4.78, 5) is 11.5. The van der Waals surface area contributed by atoms with Gasteiger partial charge in [-0.3, -0.25) is 4.79 Å². The molecule has 0 saturated heterocycles. The third kappa shape index (κ3) is 7.51. The number of halogens is 1. The maximum Gasteiger partial charge on any atom is 0.166 e. The maximum atomic E-state index is 13.5. The van der Waals surface area contributed by atoms with Gasteiger partial charge in [0, 0.05) is 6.42 Å². The van der Waals surface area contributed by atoms with Crippen molar-refractivity contribution >= 4 is 5.78 Å². The minimum Gasteiger partial charge on any atom is -0.296 e. The normalized spacial score (nSPS) is 27.1. The molecule has 100 valence electrons. The molecule has 0 amide bonds. The van der Waals surface area contributed by atoms with E-state index in [4.69, 9.17) is 0 Å². The molecule has 0 heterocycles. The molecule has 1 fully saturated rings. The van der Waals surface area contributed by atoms with Gasteiger partial charge in [-0.25, -0.2) is 4.39 Å². The van der Waals surface area contributed by atoms with Crippen molar-refractivity contribution in [3.63, 3.8) is 0 Å². The Morgan fingerprint density at radius 2 is 1.12 bits per heavy atom. The Morgan fingerprint density at radius 3 is 1.65 bits per heavy atom. The zero-order valence-corrected chi connectivity index (χ0v) is 11.1. The summed E-state index contributed by atoms with van der Waals surface area (Å²) in [6, 6.07) is 0. The maximum absolute atomic E-state index is 13.5. The van der Waals surface area contributed by atoms with Gasteiger partial charge in [-0.05, 0) is 12.8 Å². The Hall–Kier alpha value is -0.400. The Kier molecular flexibility index (Phi) is 8.29. The van der Waals surface area contributed by atoms with Gasteiger partial charge in [-0.2, -0.15) is 0 Å². The minimum absolute atomic E-state index is 0.153. The summed E-state index contributed by atoms with van der Waals surface area (Å²) in [5.41, 5.74) is 0. The van der Waals surface area contributed by atoms with Crippen LogP contribution in [0.5, 0.6) is 0 Å². The first-order valence-electron chi connectivity index (χ1n) is 7.47. The second-order valence-electron chi connectivity index (χ2n) is 5.36. The van der Waals surface area contributed by atoms with Crippen LogP contribution in [0.3, 0.4) is 0 Å². The Labute approximate surface area is 105 Å². The van der Waals surface area contributed by atoms with Gasteiger partial charge >= 0.3 is 0 Å². The fraction of sp³-hybridized carbons (Fsp3) is 0.933. The number of hydrogen-bond donors (Lipinski definition) is 0. The molecule has 0 radical (unpaired) electrons. The summed E-state index contributed by atoms with van der Waals surface area (Å²) >= 11 is 0. The number of ketones is 1. The van der Waals surface area contributed by atoms with Crippen LogP contribution in [0, 0.1) is 0 Å². The zero-order valence-electron chi connectivity index (χ0n) is 11.1. The van der Waals surface area contributed by atoms with E-state index in [0.717, 1.165) is 25.7 Å². The van der Waals surface area contributed by atoms with Crippen LogP contribution in [0.25, 0.3) is 0 Å². The summed E-state index contributed by atoms with van der Waals surface area (Å²) in [7, 11) is 0. The Balaban J connectivity index is 2.24. The average Bonchev–Trinajstić information content (AvgIpc) is 2.34. The molecule has 1 unspecified atom stereocenters. The zero-order chi connectivity index (χ0) is 12.3. The number of rotatable bonds is 0. The second-order valence-corrected chi connectivity index (χ2v) is 5.36. The monoisotopic (exact) mass is 242 g/mol. The van der Waals surface area contributed by atoms with Crippen molar-refractivity contribution in [1.29, 1.82) is 0 Å². The van der Waals surface area contributed by atoms with Crippen LogP contribution in [0.2, 0.25) is 0 Å². The molecule has 1 aliphatic carbocycles. The number of carbonyl (C=O) groups is 1. The molecule has 0 aromatic rings. The van der Waals surface area contributed by atoms with Crippen molar-refractivity contribution in [3.05, 3.63) is 0 Å². The summed E-state index contributed by atoms with van der Waals surface area (Å²) in [5.74, 6) is -0.153. The summed E-state index contributed by atoms with van der Waals surface area (Å²) in [6.07, 6.45) is 12.7. The first kappa shape index (κ1) is 14.7. The third-order valence-corrected chi connectivity index (χ3v) is 3.73. The van der Waals surface area contributed by atoms with E-state index in [1.807, 2.05) is 0 Å². The molecule has 0 aromatic carbocycles. The predicted molar refractivity (Wildman–Crippen MR) is 69.9 cm³/mol. The fourth-order valence-electron chi connectivity index (χ4n) is 2.53. The van der Waals surface area contributed by atoms with Crippen LogP contribution in [-0.2, 0) is 4.79 Å². The smallest absolute Gasteiger partial charge is 0.166 e. The van der Waals surface area contributed by atoms with Gasteiger partial charge in [0.2, 0.25) is 0 Å². The Bertz CT molecular complexity index is 203. The van der Waals surface area contributed by atoms with Crippen LogP contribution < -0.4 is 0 Å².